The van der Waals surface area contributed by atoms with Crippen molar-refractivity contribution >= 4 is 16.6 Å². The van der Waals surface area contributed by atoms with Crippen molar-refractivity contribution < 1.29 is 4.21 Å². The molecule has 1 saturated heterocycles. The van der Waals surface area contributed by atoms with Crippen LogP contribution < -0.4 is 0 Å². The van der Waals surface area contributed by atoms with Crippen molar-refractivity contribution in [3.05, 3.63) is 66.2 Å². The highest BCUT2D eigenvalue weighted by molar-refractivity contribution is 7.86. The lowest BCUT2D eigenvalue weighted by Gasteiger charge is -2.31. The Morgan fingerprint density at radius 2 is 1.70 bits per heavy atom. The van der Waals surface area contributed by atoms with Gasteiger partial charge in [-0.15, -0.1) is 0 Å². The molecule has 4 rings (SSSR count). The van der Waals surface area contributed by atoms with E-state index in [4.69, 9.17) is 4.99 Å². The number of fused-ring (bicyclic) bond motifs is 1. The summed E-state index contributed by atoms with van der Waals surface area (Å²) in [4.78, 5) is 8.21. The van der Waals surface area contributed by atoms with Gasteiger partial charge in [0.05, 0.1) is 22.1 Å². The van der Waals surface area contributed by atoms with Crippen LogP contribution in [-0.2, 0) is 10.8 Å². The molecule has 2 aliphatic rings. The lowest BCUT2D eigenvalue weighted by atomic mass is 10.1. The lowest BCUT2D eigenvalue weighted by molar-refractivity contribution is 0.385. The average molecular weight is 324 g/mol. The fourth-order valence-corrected chi connectivity index (χ4v) is 4.99. The van der Waals surface area contributed by atoms with E-state index in [0.717, 1.165) is 36.7 Å². The van der Waals surface area contributed by atoms with Gasteiger partial charge in [0.2, 0.25) is 0 Å². The zero-order chi connectivity index (χ0) is 15.6. The summed E-state index contributed by atoms with van der Waals surface area (Å²) in [5.41, 5.74) is 1.25. The molecule has 2 aliphatic heterocycles. The SMILES string of the molecule is O=S(c1ccccc1)C1CCCN2CC(c3ccccc3)N=C12. The van der Waals surface area contributed by atoms with Crippen molar-refractivity contribution in [3.63, 3.8) is 0 Å². The van der Waals surface area contributed by atoms with Crippen LogP contribution in [0.25, 0.3) is 0 Å². The lowest BCUT2D eigenvalue weighted by Crippen LogP contribution is -2.43. The minimum atomic E-state index is -1.02. The minimum Gasteiger partial charge on any atom is -0.357 e. The first-order valence-electron chi connectivity index (χ1n) is 8.16. The van der Waals surface area contributed by atoms with E-state index in [9.17, 15) is 4.21 Å². The van der Waals surface area contributed by atoms with Gasteiger partial charge in [-0.05, 0) is 30.5 Å². The van der Waals surface area contributed by atoms with Crippen LogP contribution in [0.5, 0.6) is 0 Å². The summed E-state index contributed by atoms with van der Waals surface area (Å²) in [6.45, 7) is 1.95. The Morgan fingerprint density at radius 3 is 2.43 bits per heavy atom. The Hall–Kier alpha value is -1.94. The zero-order valence-electron chi connectivity index (χ0n) is 13.0. The van der Waals surface area contributed by atoms with Crippen LogP contribution in [0.1, 0.15) is 24.4 Å². The quantitative estimate of drug-likeness (QED) is 0.867. The molecule has 0 N–H and O–H groups in total. The molecule has 1 fully saturated rings. The smallest absolute Gasteiger partial charge is 0.116 e. The second-order valence-corrected chi connectivity index (χ2v) is 7.74. The number of amidine groups is 1. The maximum atomic E-state index is 13.0. The molecule has 23 heavy (non-hydrogen) atoms. The first-order valence-corrected chi connectivity index (χ1v) is 9.37. The molecule has 0 saturated carbocycles. The zero-order valence-corrected chi connectivity index (χ0v) is 13.8. The van der Waals surface area contributed by atoms with Crippen molar-refractivity contribution in [2.45, 2.75) is 29.0 Å². The number of nitrogens with zero attached hydrogens (tertiary/aromatic N) is 2. The van der Waals surface area contributed by atoms with Gasteiger partial charge >= 0.3 is 0 Å². The van der Waals surface area contributed by atoms with Crippen LogP contribution in [0.15, 0.2) is 70.6 Å². The standard InChI is InChI=1S/C19H20N2OS/c22-23(16-10-5-2-6-11-16)18-12-7-13-21-14-17(20-19(18)21)15-8-3-1-4-9-15/h1-6,8-11,17-18H,7,12-14H2. The Labute approximate surface area is 139 Å². The average Bonchev–Trinajstić information content (AvgIpc) is 3.07. The van der Waals surface area contributed by atoms with Crippen LogP contribution >= 0.6 is 0 Å². The molecule has 2 heterocycles. The Balaban J connectivity index is 1.63. The second-order valence-electron chi connectivity index (χ2n) is 6.10. The second kappa shape index (κ2) is 6.28. The Kier molecular flexibility index (Phi) is 4.00. The van der Waals surface area contributed by atoms with E-state index in [1.54, 1.807) is 0 Å². The van der Waals surface area contributed by atoms with Gasteiger partial charge in [0.25, 0.3) is 0 Å². The van der Waals surface area contributed by atoms with E-state index in [-0.39, 0.29) is 11.3 Å². The summed E-state index contributed by atoms with van der Waals surface area (Å²) >= 11 is 0. The summed E-state index contributed by atoms with van der Waals surface area (Å²) in [6, 6.07) is 20.4. The fourth-order valence-electron chi connectivity index (χ4n) is 3.45. The van der Waals surface area contributed by atoms with E-state index in [1.165, 1.54) is 5.56 Å². The van der Waals surface area contributed by atoms with Gasteiger partial charge in [0.15, 0.2) is 0 Å². The Bertz CT molecular complexity index is 730. The number of hydrogen-bond donors (Lipinski definition) is 0. The van der Waals surface area contributed by atoms with Crippen LogP contribution in [0.4, 0.5) is 0 Å². The molecule has 2 aromatic carbocycles. The van der Waals surface area contributed by atoms with Crippen LogP contribution in [-0.4, -0.2) is 33.3 Å². The van der Waals surface area contributed by atoms with E-state index < -0.39 is 10.8 Å². The molecule has 4 heteroatoms. The summed E-state index contributed by atoms with van der Waals surface area (Å²) in [6.07, 6.45) is 2.04. The molecule has 118 valence electrons. The van der Waals surface area contributed by atoms with Gasteiger partial charge in [-0.25, -0.2) is 0 Å². The molecule has 2 aromatic rings. The van der Waals surface area contributed by atoms with Gasteiger partial charge in [-0.3, -0.25) is 9.20 Å². The highest BCUT2D eigenvalue weighted by atomic mass is 32.2. The van der Waals surface area contributed by atoms with Gasteiger partial charge in [0, 0.05) is 18.0 Å². The number of rotatable bonds is 3. The summed E-state index contributed by atoms with van der Waals surface area (Å²) in [7, 11) is -1.02. The summed E-state index contributed by atoms with van der Waals surface area (Å²) in [5, 5.41) is 0.0277. The Morgan fingerprint density at radius 1 is 1.00 bits per heavy atom. The predicted octanol–water partition coefficient (Wildman–Crippen LogP) is 3.41. The van der Waals surface area contributed by atoms with Crippen molar-refractivity contribution in [1.29, 1.82) is 0 Å². The van der Waals surface area contributed by atoms with E-state index >= 15 is 0 Å². The van der Waals surface area contributed by atoms with Gasteiger partial charge in [-0.2, -0.15) is 0 Å². The van der Waals surface area contributed by atoms with Crippen molar-refractivity contribution in [1.82, 2.24) is 4.90 Å². The number of hydrogen-bond acceptors (Lipinski definition) is 3. The fraction of sp³-hybridized carbons (Fsp3) is 0.316. The molecule has 0 aromatic heterocycles. The molecule has 3 nitrogen and oxygen atoms in total. The van der Waals surface area contributed by atoms with Gasteiger partial charge in [0.1, 0.15) is 5.84 Å². The molecule has 0 bridgehead atoms. The van der Waals surface area contributed by atoms with Crippen molar-refractivity contribution in [3.8, 4) is 0 Å². The van der Waals surface area contributed by atoms with Crippen LogP contribution in [0.3, 0.4) is 0 Å². The third kappa shape index (κ3) is 2.83. The van der Waals surface area contributed by atoms with E-state index in [2.05, 4.69) is 29.2 Å². The first-order chi connectivity index (χ1) is 11.3. The van der Waals surface area contributed by atoms with Gasteiger partial charge in [-0.1, -0.05) is 48.5 Å². The minimum absolute atomic E-state index is 0.0277. The van der Waals surface area contributed by atoms with Crippen LogP contribution in [0, 0.1) is 0 Å². The molecule has 0 aliphatic carbocycles. The molecule has 0 spiro atoms. The highest BCUT2D eigenvalue weighted by Gasteiger charge is 2.37. The number of benzene rings is 2. The summed E-state index contributed by atoms with van der Waals surface area (Å²) < 4.78 is 13.0. The maximum absolute atomic E-state index is 13.0. The number of piperidine rings is 1. The molecule has 3 atom stereocenters. The molecule has 3 unspecified atom stereocenters. The molecule has 0 amide bonds. The largest absolute Gasteiger partial charge is 0.357 e. The normalized spacial score (nSPS) is 24.9. The first kappa shape index (κ1) is 14.6. The number of aliphatic imine (C=N–C) groups is 1. The maximum Gasteiger partial charge on any atom is 0.116 e. The summed E-state index contributed by atoms with van der Waals surface area (Å²) in [5.74, 6) is 1.05. The van der Waals surface area contributed by atoms with Crippen molar-refractivity contribution in [2.75, 3.05) is 13.1 Å². The monoisotopic (exact) mass is 324 g/mol. The van der Waals surface area contributed by atoms with E-state index in [0.29, 0.717) is 0 Å². The topological polar surface area (TPSA) is 32.7 Å². The highest BCUT2D eigenvalue weighted by Crippen LogP contribution is 2.32. The van der Waals surface area contributed by atoms with Gasteiger partial charge < -0.3 is 4.90 Å². The van der Waals surface area contributed by atoms with Crippen molar-refractivity contribution in [2.24, 2.45) is 4.99 Å². The molecular weight excluding hydrogens is 304 g/mol. The molecule has 0 radical (unpaired) electrons. The predicted molar refractivity (Wildman–Crippen MR) is 94.1 cm³/mol. The third-order valence-electron chi connectivity index (χ3n) is 4.61. The third-order valence-corrected chi connectivity index (χ3v) is 6.31. The van der Waals surface area contributed by atoms with Crippen LogP contribution in [0.2, 0.25) is 0 Å². The molecular formula is C19H20N2OS. The van der Waals surface area contributed by atoms with E-state index in [1.807, 2.05) is 36.4 Å².